The maximum absolute atomic E-state index is 12.7. The molecule has 8 heteroatoms. The Morgan fingerprint density at radius 1 is 1.24 bits per heavy atom. The molecule has 5 rings (SSSR count). The summed E-state index contributed by atoms with van der Waals surface area (Å²) in [4.78, 5) is 17.4. The van der Waals surface area contributed by atoms with Crippen molar-refractivity contribution >= 4 is 5.91 Å². The van der Waals surface area contributed by atoms with Crippen LogP contribution in [-0.4, -0.2) is 65.3 Å². The second-order valence-corrected chi connectivity index (χ2v) is 9.53. The van der Waals surface area contributed by atoms with E-state index in [-0.39, 0.29) is 5.91 Å². The number of rotatable bonds is 6. The summed E-state index contributed by atoms with van der Waals surface area (Å²) >= 11 is 0. The van der Waals surface area contributed by atoms with E-state index in [2.05, 4.69) is 38.4 Å². The maximum atomic E-state index is 12.7. The van der Waals surface area contributed by atoms with Crippen LogP contribution in [0.2, 0.25) is 0 Å². The molecule has 3 aliphatic rings. The molecule has 1 fully saturated rings. The Hall–Kier alpha value is -3.26. The molecule has 1 amide bonds. The summed E-state index contributed by atoms with van der Waals surface area (Å²) in [6.07, 6.45) is 10.6. The van der Waals surface area contributed by atoms with Crippen LogP contribution < -0.4 is 14.8 Å². The Balaban J connectivity index is 1.21. The van der Waals surface area contributed by atoms with Crippen LogP contribution in [0.5, 0.6) is 11.5 Å². The lowest BCUT2D eigenvalue weighted by Gasteiger charge is -2.37. The first-order valence-electron chi connectivity index (χ1n) is 12.0. The molecule has 1 aliphatic carbocycles. The van der Waals surface area contributed by atoms with Crippen molar-refractivity contribution in [3.63, 3.8) is 0 Å². The van der Waals surface area contributed by atoms with Gasteiger partial charge in [-0.1, -0.05) is 12.2 Å². The lowest BCUT2D eigenvalue weighted by Crippen LogP contribution is -2.49. The first kappa shape index (κ1) is 22.5. The number of ether oxygens (including phenoxy) is 2. The van der Waals surface area contributed by atoms with E-state index >= 15 is 0 Å². The maximum Gasteiger partial charge on any atom is 0.235 e. The fourth-order valence-corrected chi connectivity index (χ4v) is 4.94. The molecule has 34 heavy (non-hydrogen) atoms. The number of carbonyl (C=O) groups is 1. The van der Waals surface area contributed by atoms with Crippen molar-refractivity contribution in [3.8, 4) is 22.8 Å². The first-order chi connectivity index (χ1) is 16.4. The van der Waals surface area contributed by atoms with Crippen LogP contribution in [0.15, 0.2) is 48.3 Å². The summed E-state index contributed by atoms with van der Waals surface area (Å²) in [7, 11) is 1.64. The Bertz CT molecular complexity index is 1130. The van der Waals surface area contributed by atoms with Gasteiger partial charge in [-0.25, -0.2) is 4.68 Å². The number of allylic oxidation sites excluding steroid dienone is 4. The highest BCUT2D eigenvalue weighted by molar-refractivity contribution is 5.78. The highest BCUT2D eigenvalue weighted by atomic mass is 16.5. The van der Waals surface area contributed by atoms with Crippen LogP contribution in [-0.2, 0) is 17.1 Å². The van der Waals surface area contributed by atoms with Crippen LogP contribution in [0, 0.1) is 0 Å². The van der Waals surface area contributed by atoms with Crippen LogP contribution >= 0.6 is 0 Å². The number of nitrogens with one attached hydrogen (secondary N) is 1. The average molecular weight is 464 g/mol. The third kappa shape index (κ3) is 4.42. The highest BCUT2D eigenvalue weighted by Gasteiger charge is 2.36. The Kier molecular flexibility index (Phi) is 6.08. The molecule has 2 aliphatic heterocycles. The summed E-state index contributed by atoms with van der Waals surface area (Å²) < 4.78 is 13.5. The summed E-state index contributed by atoms with van der Waals surface area (Å²) in [5.41, 5.74) is 3.81. The van der Waals surface area contributed by atoms with Gasteiger partial charge >= 0.3 is 0 Å². The zero-order chi connectivity index (χ0) is 23.7. The molecule has 0 saturated carbocycles. The van der Waals surface area contributed by atoms with Gasteiger partial charge < -0.3 is 19.7 Å². The molecule has 0 unspecified atom stereocenters. The molecule has 180 valence electrons. The quantitative estimate of drug-likeness (QED) is 0.710. The second kappa shape index (κ2) is 9.18. The number of fused-ring (bicyclic) bond motifs is 3. The summed E-state index contributed by atoms with van der Waals surface area (Å²) in [6, 6.07) is 5.80. The van der Waals surface area contributed by atoms with Gasteiger partial charge in [-0.3, -0.25) is 9.69 Å². The Labute approximate surface area is 200 Å². The van der Waals surface area contributed by atoms with Crippen molar-refractivity contribution in [3.05, 3.63) is 53.9 Å². The largest absolute Gasteiger partial charge is 0.497 e. The van der Waals surface area contributed by atoms with E-state index in [9.17, 15) is 4.79 Å². The topological polar surface area (TPSA) is 71.9 Å². The number of methoxy groups -OCH3 is 1. The van der Waals surface area contributed by atoms with Crippen molar-refractivity contribution in [2.24, 2.45) is 0 Å². The van der Waals surface area contributed by atoms with E-state index < -0.39 is 5.60 Å². The van der Waals surface area contributed by atoms with Crippen molar-refractivity contribution < 1.29 is 14.3 Å². The first-order valence-corrected chi connectivity index (χ1v) is 12.0. The molecule has 1 saturated heterocycles. The van der Waals surface area contributed by atoms with Crippen molar-refractivity contribution in [2.45, 2.75) is 39.0 Å². The zero-order valence-electron chi connectivity index (χ0n) is 20.2. The van der Waals surface area contributed by atoms with Crippen molar-refractivity contribution in [1.82, 2.24) is 24.9 Å². The molecule has 1 aromatic heterocycles. The second-order valence-electron chi connectivity index (χ2n) is 9.53. The van der Waals surface area contributed by atoms with Crippen LogP contribution in [0.1, 0.15) is 32.3 Å². The molecule has 1 N–H and O–H groups in total. The molecule has 0 spiro atoms. The predicted octanol–water partition coefficient (Wildman–Crippen LogP) is 3.11. The predicted molar refractivity (Wildman–Crippen MR) is 130 cm³/mol. The third-order valence-electron chi connectivity index (χ3n) is 6.86. The fourth-order valence-electron chi connectivity index (χ4n) is 4.94. The van der Waals surface area contributed by atoms with Gasteiger partial charge in [0.05, 0.1) is 25.5 Å². The van der Waals surface area contributed by atoms with E-state index in [4.69, 9.17) is 9.47 Å². The van der Waals surface area contributed by atoms with Crippen LogP contribution in [0.4, 0.5) is 0 Å². The molecular weight excluding hydrogens is 430 g/mol. The number of hydrogen-bond donors (Lipinski definition) is 1. The van der Waals surface area contributed by atoms with Gasteiger partial charge in [0, 0.05) is 49.1 Å². The van der Waals surface area contributed by atoms with Gasteiger partial charge in [0.15, 0.2) is 0 Å². The number of hydrogen-bond acceptors (Lipinski definition) is 6. The van der Waals surface area contributed by atoms with E-state index in [0.29, 0.717) is 13.2 Å². The standard InChI is InChI=1S/C26H33N5O3/c1-26(2)22-16-28-31(25(22)21-10-9-20(33-3)15-23(21)34-26)18-27-24(32)17-29-11-13-30(14-12-29)19-7-5-4-6-8-19/h4-5,7,9-10,15-16H,6,8,11-14,17-18H2,1-3H3,(H,27,32). The molecule has 0 radical (unpaired) electrons. The minimum absolute atomic E-state index is 0.0128. The summed E-state index contributed by atoms with van der Waals surface area (Å²) in [5.74, 6) is 1.51. The summed E-state index contributed by atoms with van der Waals surface area (Å²) in [5, 5.41) is 7.63. The number of aromatic nitrogens is 2. The SMILES string of the molecule is COc1ccc2c(c1)OC(C)(C)c1cnn(CNC(=O)CN3CCN(C4=CC=CCC4)CC3)c1-2. The smallest absolute Gasteiger partial charge is 0.235 e. The van der Waals surface area contributed by atoms with E-state index in [0.717, 1.165) is 67.3 Å². The molecule has 3 heterocycles. The van der Waals surface area contributed by atoms with Crippen LogP contribution in [0.3, 0.4) is 0 Å². The highest BCUT2D eigenvalue weighted by Crippen LogP contribution is 2.46. The average Bonchev–Trinajstić information content (AvgIpc) is 3.29. The normalized spacial score (nSPS) is 19.0. The number of carbonyl (C=O) groups excluding carboxylic acids is 1. The third-order valence-corrected chi connectivity index (χ3v) is 6.86. The summed E-state index contributed by atoms with van der Waals surface area (Å²) in [6.45, 7) is 8.49. The van der Waals surface area contributed by atoms with Crippen molar-refractivity contribution in [2.75, 3.05) is 39.8 Å². The van der Waals surface area contributed by atoms with Gasteiger partial charge in [-0.05, 0) is 44.9 Å². The van der Waals surface area contributed by atoms with Crippen LogP contribution in [0.25, 0.3) is 11.3 Å². The molecule has 0 bridgehead atoms. The number of piperazine rings is 1. The lowest BCUT2D eigenvalue weighted by atomic mass is 9.91. The van der Waals surface area contributed by atoms with Gasteiger partial charge in [-0.15, -0.1) is 0 Å². The van der Waals surface area contributed by atoms with Gasteiger partial charge in [-0.2, -0.15) is 5.10 Å². The van der Waals surface area contributed by atoms with E-state index in [1.54, 1.807) is 7.11 Å². The molecule has 0 atom stereocenters. The van der Waals surface area contributed by atoms with Gasteiger partial charge in [0.25, 0.3) is 0 Å². The number of amides is 1. The van der Waals surface area contributed by atoms with E-state index in [1.807, 2.05) is 42.9 Å². The van der Waals surface area contributed by atoms with Crippen molar-refractivity contribution in [1.29, 1.82) is 0 Å². The Morgan fingerprint density at radius 3 is 2.79 bits per heavy atom. The number of benzene rings is 1. The monoisotopic (exact) mass is 463 g/mol. The lowest BCUT2D eigenvalue weighted by molar-refractivity contribution is -0.123. The van der Waals surface area contributed by atoms with Gasteiger partial charge in [0.2, 0.25) is 5.91 Å². The molecule has 8 nitrogen and oxygen atoms in total. The molecule has 2 aromatic rings. The zero-order valence-corrected chi connectivity index (χ0v) is 20.2. The molecule has 1 aromatic carbocycles. The van der Waals surface area contributed by atoms with E-state index in [1.165, 1.54) is 5.70 Å². The molecular formula is C26H33N5O3. The Morgan fingerprint density at radius 2 is 2.06 bits per heavy atom. The fraction of sp³-hybridized carbons (Fsp3) is 0.462. The minimum atomic E-state index is -0.528. The number of nitrogens with zero attached hydrogens (tertiary/aromatic N) is 4. The van der Waals surface area contributed by atoms with Gasteiger partial charge in [0.1, 0.15) is 23.8 Å². The minimum Gasteiger partial charge on any atom is -0.497 e.